The summed E-state index contributed by atoms with van der Waals surface area (Å²) in [6.07, 6.45) is -0.795. The van der Waals surface area contributed by atoms with E-state index >= 15 is 14.4 Å². The smallest absolute Gasteiger partial charge is 0.324 e. The number of cyclic esters (lactones) is 1. The van der Waals surface area contributed by atoms with E-state index in [0.29, 0.717) is 67.4 Å². The summed E-state index contributed by atoms with van der Waals surface area (Å²) in [6.45, 7) is 3.90. The quantitative estimate of drug-likeness (QED) is 0.0983. The number of piperazine rings is 1. The Morgan fingerprint density at radius 3 is 2.21 bits per heavy atom. The van der Waals surface area contributed by atoms with E-state index in [1.54, 1.807) is 0 Å². The summed E-state index contributed by atoms with van der Waals surface area (Å²) in [5, 5.41) is 12.8. The number of carbonyl (C=O) groups excluding carboxylic acids is 3. The summed E-state index contributed by atoms with van der Waals surface area (Å²) in [6, 6.07) is 46.2. The van der Waals surface area contributed by atoms with Crippen LogP contribution in [0, 0.1) is 17.8 Å². The molecule has 5 aliphatic heterocycles. The molecule has 3 fully saturated rings. The van der Waals surface area contributed by atoms with E-state index < -0.39 is 41.5 Å². The average molecular weight is 950 g/mol. The maximum atomic E-state index is 16.1. The summed E-state index contributed by atoms with van der Waals surface area (Å²) < 4.78 is 23.7. The Labute approximate surface area is 413 Å². The molecular weight excluding hydrogens is 895 g/mol. The first-order valence-electron chi connectivity index (χ1n) is 24.3. The van der Waals surface area contributed by atoms with Crippen LogP contribution in [0.1, 0.15) is 57.1 Å². The van der Waals surface area contributed by atoms with E-state index in [4.69, 9.17) is 18.9 Å². The van der Waals surface area contributed by atoms with Gasteiger partial charge >= 0.3 is 5.97 Å². The standard InChI is InChI=1S/C58H55N5O8/c1-60(36-40-12-5-2-6-13-40)27-11-14-39-19-25-47-46(34-39)58(57(67)59-47)50(55(65)62-30-28-61(29-31-62)37-41-20-26-48-49(35-41)70-38-69-48)52-56(66)71-53(43-17-9-4-10-18-43)51(42-15-7-3-8-16-42)63(52)54(58)44-21-23-45(24-22-44)68-33-32-64/h2-10,12-13,15-26,34-35,50-54,64H,27-33,36-38H2,1H3,(H,59,67)/t50-,51-,52-,53+,54+,58-/m1/s1. The second kappa shape index (κ2) is 19.7. The predicted octanol–water partition coefficient (Wildman–Crippen LogP) is 6.89. The molecule has 5 aliphatic rings. The minimum absolute atomic E-state index is 0.101. The molecule has 0 unspecified atom stereocenters. The predicted molar refractivity (Wildman–Crippen MR) is 266 cm³/mol. The zero-order valence-electron chi connectivity index (χ0n) is 39.5. The number of anilines is 1. The van der Waals surface area contributed by atoms with Crippen molar-refractivity contribution in [2.75, 3.05) is 65.1 Å². The number of esters is 1. The van der Waals surface area contributed by atoms with E-state index in [-0.39, 0.29) is 31.8 Å². The minimum Gasteiger partial charge on any atom is -0.491 e. The fourth-order valence-corrected chi connectivity index (χ4v) is 11.4. The van der Waals surface area contributed by atoms with E-state index in [0.717, 1.165) is 34.7 Å². The van der Waals surface area contributed by atoms with E-state index in [1.165, 1.54) is 5.56 Å². The first kappa shape index (κ1) is 45.9. The van der Waals surface area contributed by atoms with Gasteiger partial charge in [-0.05, 0) is 82.9 Å². The van der Waals surface area contributed by atoms with Crippen LogP contribution in [-0.2, 0) is 37.6 Å². The van der Waals surface area contributed by atoms with Crippen molar-refractivity contribution in [1.29, 1.82) is 0 Å². The molecular formula is C58H55N5O8. The van der Waals surface area contributed by atoms with Gasteiger partial charge in [-0.1, -0.05) is 121 Å². The highest BCUT2D eigenvalue weighted by atomic mass is 16.7. The fourth-order valence-electron chi connectivity index (χ4n) is 11.4. The van der Waals surface area contributed by atoms with E-state index in [2.05, 4.69) is 44.0 Å². The molecule has 360 valence electrons. The monoisotopic (exact) mass is 949 g/mol. The SMILES string of the molecule is CN(CC#Cc1ccc2c(c1)[C@]1(C(=O)N2)[C@H](c2ccc(OCCO)cc2)N2[C@H](c3ccccc3)[C@H](c3ccccc3)OC(=O)[C@H]2[C@@H]1C(=O)N1CCN(Cc2ccc3c(c2)OCO3)CC1)Cc1ccccc1. The summed E-state index contributed by atoms with van der Waals surface area (Å²) in [5.74, 6) is 6.24. The summed E-state index contributed by atoms with van der Waals surface area (Å²) >= 11 is 0. The molecule has 13 heteroatoms. The lowest BCUT2D eigenvalue weighted by Crippen LogP contribution is -2.58. The molecule has 0 aliphatic carbocycles. The number of aliphatic hydroxyl groups is 1. The zero-order valence-corrected chi connectivity index (χ0v) is 39.5. The lowest BCUT2D eigenvalue weighted by Gasteiger charge is -2.46. The van der Waals surface area contributed by atoms with Gasteiger partial charge in [0, 0.05) is 50.5 Å². The maximum absolute atomic E-state index is 16.1. The molecule has 0 bridgehead atoms. The van der Waals surface area contributed by atoms with Gasteiger partial charge in [-0.15, -0.1) is 0 Å². The normalized spacial score (nSPS) is 23.4. The second-order valence-electron chi connectivity index (χ2n) is 18.9. The van der Waals surface area contributed by atoms with Crippen molar-refractivity contribution in [2.24, 2.45) is 5.92 Å². The highest BCUT2D eigenvalue weighted by molar-refractivity contribution is 6.12. The van der Waals surface area contributed by atoms with Crippen LogP contribution in [0.5, 0.6) is 17.2 Å². The van der Waals surface area contributed by atoms with Crippen LogP contribution in [0.25, 0.3) is 0 Å². The number of hydrogen-bond acceptors (Lipinski definition) is 11. The molecule has 2 amide bonds. The maximum Gasteiger partial charge on any atom is 0.324 e. The summed E-state index contributed by atoms with van der Waals surface area (Å²) in [5.41, 5.74) is 4.79. The molecule has 6 atom stereocenters. The van der Waals surface area contributed by atoms with Crippen molar-refractivity contribution in [3.8, 4) is 29.1 Å². The molecule has 3 saturated heterocycles. The highest BCUT2D eigenvalue weighted by Gasteiger charge is 2.74. The number of ether oxygens (including phenoxy) is 4. The molecule has 1 spiro atoms. The van der Waals surface area contributed by atoms with Gasteiger partial charge < -0.3 is 34.3 Å². The largest absolute Gasteiger partial charge is 0.491 e. The van der Waals surface area contributed by atoms with Crippen LogP contribution in [-0.4, -0.2) is 108 Å². The first-order valence-corrected chi connectivity index (χ1v) is 24.3. The number of rotatable bonds is 12. The zero-order chi connectivity index (χ0) is 48.5. The van der Waals surface area contributed by atoms with Gasteiger partial charge in [-0.2, -0.15) is 0 Å². The fraction of sp³-hybridized carbons (Fsp3) is 0.293. The number of fused-ring (bicyclic) bond motifs is 4. The van der Waals surface area contributed by atoms with Crippen molar-refractivity contribution < 1.29 is 38.4 Å². The first-order chi connectivity index (χ1) is 34.8. The van der Waals surface area contributed by atoms with Crippen molar-refractivity contribution in [1.82, 2.24) is 19.6 Å². The number of nitrogens with one attached hydrogen (secondary N) is 1. The van der Waals surface area contributed by atoms with Gasteiger partial charge in [0.25, 0.3) is 0 Å². The molecule has 6 aromatic rings. The van der Waals surface area contributed by atoms with Gasteiger partial charge in [0.05, 0.1) is 31.2 Å². The number of aliphatic hydroxyl groups excluding tert-OH is 1. The molecule has 5 heterocycles. The third-order valence-electron chi connectivity index (χ3n) is 14.5. The van der Waals surface area contributed by atoms with Crippen LogP contribution in [0.15, 0.2) is 152 Å². The minimum atomic E-state index is -1.66. The van der Waals surface area contributed by atoms with Crippen molar-refractivity contribution in [3.63, 3.8) is 0 Å². The number of nitrogens with zero attached hydrogens (tertiary/aromatic N) is 4. The molecule has 71 heavy (non-hydrogen) atoms. The van der Waals surface area contributed by atoms with Gasteiger partial charge in [-0.3, -0.25) is 29.1 Å². The second-order valence-corrected chi connectivity index (χ2v) is 18.9. The number of hydrogen-bond donors (Lipinski definition) is 2. The van der Waals surface area contributed by atoms with E-state index in [9.17, 15) is 5.11 Å². The third kappa shape index (κ3) is 8.67. The Bertz CT molecular complexity index is 2980. The van der Waals surface area contributed by atoms with Gasteiger partial charge in [-0.25, -0.2) is 0 Å². The lowest BCUT2D eigenvalue weighted by molar-refractivity contribution is -0.179. The van der Waals surface area contributed by atoms with E-state index in [1.807, 2.05) is 151 Å². The Kier molecular flexibility index (Phi) is 12.8. The highest BCUT2D eigenvalue weighted by Crippen LogP contribution is 2.65. The van der Waals surface area contributed by atoms with Crippen LogP contribution in [0.3, 0.4) is 0 Å². The topological polar surface area (TPSA) is 133 Å². The molecule has 0 radical (unpaired) electrons. The lowest BCUT2D eigenvalue weighted by atomic mass is 9.65. The number of amides is 2. The summed E-state index contributed by atoms with van der Waals surface area (Å²) in [7, 11) is 2.03. The molecule has 11 rings (SSSR count). The average Bonchev–Trinajstić information content (AvgIpc) is 4.10. The summed E-state index contributed by atoms with van der Waals surface area (Å²) in [4.78, 5) is 55.8. The van der Waals surface area contributed by atoms with Crippen LogP contribution >= 0.6 is 0 Å². The molecule has 13 nitrogen and oxygen atoms in total. The van der Waals surface area contributed by atoms with Crippen molar-refractivity contribution in [2.45, 2.75) is 42.7 Å². The number of benzene rings is 6. The van der Waals surface area contributed by atoms with Crippen LogP contribution in [0.4, 0.5) is 5.69 Å². The van der Waals surface area contributed by atoms with Crippen LogP contribution < -0.4 is 19.5 Å². The van der Waals surface area contributed by atoms with Crippen LogP contribution in [0.2, 0.25) is 0 Å². The Balaban J connectivity index is 1.04. The third-order valence-corrected chi connectivity index (χ3v) is 14.5. The molecule has 2 N–H and O–H groups in total. The number of carbonyl (C=O) groups is 3. The number of morpholine rings is 1. The Morgan fingerprint density at radius 2 is 1.48 bits per heavy atom. The van der Waals surface area contributed by atoms with Gasteiger partial charge in [0.15, 0.2) is 11.5 Å². The van der Waals surface area contributed by atoms with Crippen molar-refractivity contribution in [3.05, 3.63) is 191 Å². The van der Waals surface area contributed by atoms with Crippen molar-refractivity contribution >= 4 is 23.5 Å². The van der Waals surface area contributed by atoms with Gasteiger partial charge in [0.2, 0.25) is 18.6 Å². The van der Waals surface area contributed by atoms with Gasteiger partial charge in [0.1, 0.15) is 29.9 Å². The Morgan fingerprint density at radius 1 is 0.775 bits per heavy atom. The Hall–Kier alpha value is -7.47. The molecule has 6 aromatic carbocycles. The molecule has 0 saturated carbocycles. The molecule has 0 aromatic heterocycles.